The molecular weight excluding hydrogens is 348 g/mol. The number of carbonyl (C=O) groups is 2. The third-order valence-electron chi connectivity index (χ3n) is 3.13. The topological polar surface area (TPSA) is 93.1 Å². The molecule has 1 aromatic carbocycles. The maximum Gasteiger partial charge on any atom is 0.336 e. The summed E-state index contributed by atoms with van der Waals surface area (Å²) in [6.07, 6.45) is 0. The highest BCUT2D eigenvalue weighted by atomic mass is 28.5. The van der Waals surface area contributed by atoms with E-state index in [9.17, 15) is 14.7 Å². The Balaban J connectivity index is 3.21. The molecule has 0 saturated heterocycles. The predicted molar refractivity (Wildman–Crippen MR) is 94.6 cm³/mol. The van der Waals surface area contributed by atoms with Gasteiger partial charge in [-0.1, -0.05) is 6.07 Å². The maximum absolute atomic E-state index is 11.3. The van der Waals surface area contributed by atoms with Gasteiger partial charge in [0.2, 0.25) is 8.32 Å². The van der Waals surface area contributed by atoms with Crippen LogP contribution in [0, 0.1) is 0 Å². The Labute approximate surface area is 140 Å². The highest BCUT2D eigenvalue weighted by Crippen LogP contribution is 2.18. The molecule has 1 radical (unpaired) electrons. The van der Waals surface area contributed by atoms with Crippen LogP contribution in [-0.4, -0.2) is 48.1 Å². The van der Waals surface area contributed by atoms with E-state index in [-0.39, 0.29) is 11.1 Å². The fourth-order valence-electron chi connectivity index (χ4n) is 2.47. The highest BCUT2D eigenvalue weighted by molar-refractivity contribution is 6.92. The molecule has 0 unspecified atom stereocenters. The zero-order chi connectivity index (χ0) is 18.0. The van der Waals surface area contributed by atoms with Crippen LogP contribution in [0.3, 0.4) is 0 Å². The number of carboxylic acids is 2. The molecule has 0 saturated carbocycles. The van der Waals surface area contributed by atoms with Gasteiger partial charge in [-0.25, -0.2) is 9.59 Å². The summed E-state index contributed by atoms with van der Waals surface area (Å²) in [6.45, 7) is 12.0. The monoisotopic (exact) mass is 371 g/mol. The van der Waals surface area contributed by atoms with E-state index in [4.69, 9.17) is 13.3 Å². The minimum atomic E-state index is -2.42. The highest BCUT2D eigenvalue weighted by Gasteiger charge is 2.37. The van der Waals surface area contributed by atoms with Crippen LogP contribution in [0.1, 0.15) is 20.7 Å². The Bertz CT molecular complexity index is 613. The van der Waals surface area contributed by atoms with E-state index in [0.717, 1.165) is 5.19 Å². The molecular formula is C14H23O6Si3. The lowest BCUT2D eigenvalue weighted by molar-refractivity contribution is 0.0651. The van der Waals surface area contributed by atoms with Crippen LogP contribution in [0.5, 0.6) is 0 Å². The van der Waals surface area contributed by atoms with E-state index < -0.39 is 37.9 Å². The van der Waals surface area contributed by atoms with Crippen molar-refractivity contribution in [3.8, 4) is 0 Å². The smallest absolute Gasteiger partial charge is 0.336 e. The minimum absolute atomic E-state index is 0.213. The summed E-state index contributed by atoms with van der Waals surface area (Å²) < 4.78 is 12.3. The Morgan fingerprint density at radius 1 is 1.00 bits per heavy atom. The lowest BCUT2D eigenvalue weighted by atomic mass is 10.1. The van der Waals surface area contributed by atoms with Crippen LogP contribution in [0.25, 0.3) is 0 Å². The second-order valence-corrected chi connectivity index (χ2v) is 16.2. The van der Waals surface area contributed by atoms with Gasteiger partial charge in [-0.15, -0.1) is 0 Å². The number of benzene rings is 1. The number of aromatic carboxylic acids is 2. The van der Waals surface area contributed by atoms with Gasteiger partial charge in [0.05, 0.1) is 11.1 Å². The first kappa shape index (κ1) is 19.8. The summed E-state index contributed by atoms with van der Waals surface area (Å²) >= 11 is 0. The molecule has 2 N–H and O–H groups in total. The molecule has 9 heteroatoms. The summed E-state index contributed by atoms with van der Waals surface area (Å²) in [5, 5.41) is 19.1. The van der Waals surface area contributed by atoms with Crippen molar-refractivity contribution in [3.05, 3.63) is 29.3 Å². The molecule has 0 atom stereocenters. The van der Waals surface area contributed by atoms with Gasteiger partial charge in [0.25, 0.3) is 0 Å². The summed E-state index contributed by atoms with van der Waals surface area (Å²) in [4.78, 5) is 22.5. The van der Waals surface area contributed by atoms with Crippen LogP contribution in [0.4, 0.5) is 0 Å². The van der Waals surface area contributed by atoms with Gasteiger partial charge >= 0.3 is 20.5 Å². The van der Waals surface area contributed by atoms with E-state index in [1.54, 1.807) is 6.07 Å². The fraction of sp³-hybridized carbons (Fsp3) is 0.429. The van der Waals surface area contributed by atoms with E-state index in [1.807, 2.05) is 39.3 Å². The quantitative estimate of drug-likeness (QED) is 0.715. The second kappa shape index (κ2) is 7.09. The molecule has 1 aromatic rings. The molecule has 0 heterocycles. The molecule has 6 nitrogen and oxygen atoms in total. The molecule has 0 amide bonds. The molecule has 23 heavy (non-hydrogen) atoms. The molecule has 0 spiro atoms. The summed E-state index contributed by atoms with van der Waals surface area (Å²) in [7, 11) is -5.64. The van der Waals surface area contributed by atoms with Crippen molar-refractivity contribution >= 4 is 43.0 Å². The van der Waals surface area contributed by atoms with E-state index >= 15 is 0 Å². The van der Waals surface area contributed by atoms with Crippen molar-refractivity contribution in [1.82, 2.24) is 0 Å². The molecule has 0 fully saturated rings. The second-order valence-electron chi connectivity index (χ2n) is 6.39. The largest absolute Gasteiger partial charge is 0.478 e. The Kier molecular flexibility index (Phi) is 6.10. The summed E-state index contributed by atoms with van der Waals surface area (Å²) in [5.41, 5.74) is -0.429. The molecule has 0 aliphatic carbocycles. The van der Waals surface area contributed by atoms with Gasteiger partial charge < -0.3 is 18.4 Å². The molecule has 1 rings (SSSR count). The summed E-state index contributed by atoms with van der Waals surface area (Å²) in [6, 6.07) is 4.41. The number of hydrogen-bond donors (Lipinski definition) is 2. The van der Waals surface area contributed by atoms with Crippen LogP contribution >= 0.6 is 0 Å². The Morgan fingerprint density at radius 3 is 1.96 bits per heavy atom. The third-order valence-corrected chi connectivity index (χ3v) is 12.4. The standard InChI is InChI=1S/C14H23O6Si3/c1-21(2)19-23(5,6)20-22(3,4)10-7-8-11(13(15)16)12(9-10)14(17)18/h7-9H,1-6H3,(H,15,16)(H,17,18). The van der Waals surface area contributed by atoms with Gasteiger partial charge in [-0.3, -0.25) is 0 Å². The van der Waals surface area contributed by atoms with Crippen molar-refractivity contribution in [2.24, 2.45) is 0 Å². The van der Waals surface area contributed by atoms with Crippen LogP contribution in [0.15, 0.2) is 18.2 Å². The average molecular weight is 372 g/mol. The third kappa shape index (κ3) is 5.39. The first-order chi connectivity index (χ1) is 10.4. The van der Waals surface area contributed by atoms with Crippen molar-refractivity contribution in [2.45, 2.75) is 39.3 Å². The van der Waals surface area contributed by atoms with Crippen molar-refractivity contribution in [3.63, 3.8) is 0 Å². The van der Waals surface area contributed by atoms with Crippen molar-refractivity contribution in [1.29, 1.82) is 0 Å². The van der Waals surface area contributed by atoms with Gasteiger partial charge in [0.1, 0.15) is 0 Å². The lowest BCUT2D eigenvalue weighted by Gasteiger charge is -2.35. The zero-order valence-electron chi connectivity index (χ0n) is 14.3. The zero-order valence-corrected chi connectivity index (χ0v) is 17.3. The summed E-state index contributed by atoms with van der Waals surface area (Å²) in [5.74, 6) is -2.51. The van der Waals surface area contributed by atoms with Crippen LogP contribution in [0.2, 0.25) is 39.3 Å². The average Bonchev–Trinajstić information content (AvgIpc) is 2.34. The van der Waals surface area contributed by atoms with E-state index in [2.05, 4.69) is 0 Å². The van der Waals surface area contributed by atoms with E-state index in [0.29, 0.717) is 0 Å². The molecule has 0 bridgehead atoms. The lowest BCUT2D eigenvalue weighted by Crippen LogP contribution is -2.55. The van der Waals surface area contributed by atoms with Gasteiger partial charge in [0.15, 0.2) is 9.04 Å². The molecule has 127 valence electrons. The van der Waals surface area contributed by atoms with Crippen LogP contribution in [-0.2, 0) is 8.23 Å². The first-order valence-electron chi connectivity index (χ1n) is 7.16. The normalized spacial score (nSPS) is 12.5. The van der Waals surface area contributed by atoms with Crippen LogP contribution < -0.4 is 5.19 Å². The van der Waals surface area contributed by atoms with Gasteiger partial charge in [-0.05, 0) is 56.6 Å². The van der Waals surface area contributed by atoms with Gasteiger partial charge in [0, 0.05) is 0 Å². The fourth-order valence-corrected chi connectivity index (χ4v) is 13.3. The Hall–Kier alpha value is -1.27. The van der Waals surface area contributed by atoms with Crippen molar-refractivity contribution in [2.75, 3.05) is 0 Å². The molecule has 0 aliphatic heterocycles. The van der Waals surface area contributed by atoms with E-state index in [1.165, 1.54) is 12.1 Å². The van der Waals surface area contributed by atoms with Crippen molar-refractivity contribution < 1.29 is 28.0 Å². The van der Waals surface area contributed by atoms with Gasteiger partial charge in [-0.2, -0.15) is 0 Å². The minimum Gasteiger partial charge on any atom is -0.478 e. The number of hydrogen-bond acceptors (Lipinski definition) is 4. The molecule has 0 aliphatic rings. The predicted octanol–water partition coefficient (Wildman–Crippen LogP) is 2.48. The Morgan fingerprint density at radius 2 is 1.52 bits per heavy atom. The maximum atomic E-state index is 11.3. The SMILES string of the molecule is C[Si](C)O[Si](C)(C)O[Si](C)(C)c1ccc(C(=O)O)c(C(=O)O)c1. The number of rotatable bonds is 7. The first-order valence-corrected chi connectivity index (χ1v) is 15.3. The molecule has 0 aromatic heterocycles. The number of carboxylic acid groups (broad SMARTS) is 2.